The minimum absolute atomic E-state index is 0.0263. The molecule has 2 fully saturated rings. The number of hydrogen-bond acceptors (Lipinski definition) is 4. The lowest BCUT2D eigenvalue weighted by Gasteiger charge is -2.58. The molecule has 1 aliphatic heterocycles. The highest BCUT2D eigenvalue weighted by Crippen LogP contribution is 2.68. The summed E-state index contributed by atoms with van der Waals surface area (Å²) >= 11 is 1.82. The Morgan fingerprint density at radius 1 is 1.29 bits per heavy atom. The molecule has 4 atom stereocenters. The summed E-state index contributed by atoms with van der Waals surface area (Å²) in [6, 6.07) is 13.1. The summed E-state index contributed by atoms with van der Waals surface area (Å²) < 4.78 is 5.35. The minimum atomic E-state index is -0.416. The first-order valence-electron chi connectivity index (χ1n) is 8.67. The average molecular weight is 339 g/mol. The van der Waals surface area contributed by atoms with E-state index in [-0.39, 0.29) is 17.3 Å². The molecule has 2 bridgehead atoms. The van der Waals surface area contributed by atoms with E-state index in [1.807, 2.05) is 11.3 Å². The first-order chi connectivity index (χ1) is 11.7. The van der Waals surface area contributed by atoms with Gasteiger partial charge in [-0.1, -0.05) is 30.3 Å². The fraction of sp³-hybridized carbons (Fsp3) is 0.450. The van der Waals surface area contributed by atoms with Gasteiger partial charge in [0.15, 0.2) is 0 Å². The van der Waals surface area contributed by atoms with E-state index >= 15 is 0 Å². The van der Waals surface area contributed by atoms with Crippen molar-refractivity contribution in [3.05, 3.63) is 57.8 Å². The van der Waals surface area contributed by atoms with Crippen molar-refractivity contribution in [1.82, 2.24) is 5.32 Å². The van der Waals surface area contributed by atoms with Crippen LogP contribution in [0.4, 0.5) is 0 Å². The number of nitrogens with one attached hydrogen (secondary N) is 1. The van der Waals surface area contributed by atoms with Crippen LogP contribution in [0.2, 0.25) is 0 Å². The maximum Gasteiger partial charge on any atom is 0.314 e. The lowest BCUT2D eigenvalue weighted by atomic mass is 9.43. The van der Waals surface area contributed by atoms with Crippen molar-refractivity contribution in [3.63, 3.8) is 0 Å². The largest absolute Gasteiger partial charge is 0.469 e. The Bertz CT molecular complexity index is 801. The third-order valence-electron chi connectivity index (χ3n) is 6.78. The number of methoxy groups -OCH3 is 1. The molecule has 4 aliphatic rings. The highest BCUT2D eigenvalue weighted by atomic mass is 32.1. The van der Waals surface area contributed by atoms with Crippen molar-refractivity contribution < 1.29 is 9.53 Å². The maximum absolute atomic E-state index is 13.0. The van der Waals surface area contributed by atoms with Gasteiger partial charge in [0.25, 0.3) is 0 Å². The monoisotopic (exact) mass is 339 g/mol. The molecule has 1 N–H and O–H groups in total. The Labute approximate surface area is 146 Å². The highest BCUT2D eigenvalue weighted by Gasteiger charge is 2.69. The molecule has 124 valence electrons. The van der Waals surface area contributed by atoms with E-state index in [1.54, 1.807) is 7.11 Å². The van der Waals surface area contributed by atoms with E-state index < -0.39 is 5.41 Å². The van der Waals surface area contributed by atoms with Crippen molar-refractivity contribution >= 4 is 17.3 Å². The molecule has 1 saturated carbocycles. The van der Waals surface area contributed by atoms with Crippen molar-refractivity contribution in [1.29, 1.82) is 0 Å². The topological polar surface area (TPSA) is 38.3 Å². The van der Waals surface area contributed by atoms with Gasteiger partial charge < -0.3 is 10.1 Å². The first-order valence-corrected chi connectivity index (χ1v) is 9.55. The molecule has 1 aromatic carbocycles. The van der Waals surface area contributed by atoms with Gasteiger partial charge in [-0.2, -0.15) is 0 Å². The normalized spacial score (nSPS) is 36.2. The van der Waals surface area contributed by atoms with Crippen LogP contribution in [0.3, 0.4) is 0 Å². The number of hydrogen-bond donors (Lipinski definition) is 1. The third kappa shape index (κ3) is 1.50. The Kier molecular flexibility index (Phi) is 3.01. The van der Waals surface area contributed by atoms with Gasteiger partial charge in [0.1, 0.15) is 0 Å². The minimum Gasteiger partial charge on any atom is -0.469 e. The smallest absolute Gasteiger partial charge is 0.314 e. The molecule has 2 aromatic rings. The molecule has 0 amide bonds. The molecular formula is C20H21NO2S. The number of benzene rings is 1. The molecule has 4 heteroatoms. The van der Waals surface area contributed by atoms with Crippen LogP contribution in [0.1, 0.15) is 34.8 Å². The molecular weight excluding hydrogens is 318 g/mol. The molecule has 3 nitrogen and oxygen atoms in total. The molecule has 1 aromatic heterocycles. The predicted octanol–water partition coefficient (Wildman–Crippen LogP) is 3.30. The average Bonchev–Trinajstić information content (AvgIpc) is 3.31. The standard InChI is InChI=1S/C20H21NO2S/c1-23-18(22)20-12-21-11-16(20)19(13-5-3-2-4-6-13)9-7-14(20)17-15(19)8-10-24-17/h2-6,8,10,14,16,21H,7,9,11-12H2,1H3/t14-,16-,19-,20-/m0/s1. The van der Waals surface area contributed by atoms with Gasteiger partial charge in [0.05, 0.1) is 12.5 Å². The molecule has 0 unspecified atom stereocenters. The third-order valence-corrected chi connectivity index (χ3v) is 7.81. The van der Waals surface area contributed by atoms with Crippen LogP contribution in [0, 0.1) is 11.3 Å². The lowest BCUT2D eigenvalue weighted by Crippen LogP contribution is -2.60. The maximum atomic E-state index is 13.0. The zero-order valence-corrected chi connectivity index (χ0v) is 14.6. The second-order valence-electron chi connectivity index (χ2n) is 7.34. The number of carbonyl (C=O) groups is 1. The summed E-state index contributed by atoms with van der Waals surface area (Å²) in [5.41, 5.74) is 2.33. The van der Waals surface area contributed by atoms with E-state index in [9.17, 15) is 4.79 Å². The van der Waals surface area contributed by atoms with Crippen LogP contribution in [0.15, 0.2) is 41.8 Å². The zero-order valence-electron chi connectivity index (χ0n) is 13.7. The Morgan fingerprint density at radius 2 is 2.12 bits per heavy atom. The molecule has 1 saturated heterocycles. The molecule has 6 rings (SSSR count). The summed E-state index contributed by atoms with van der Waals surface area (Å²) in [4.78, 5) is 14.4. The van der Waals surface area contributed by atoms with Gasteiger partial charge >= 0.3 is 5.97 Å². The molecule has 0 radical (unpaired) electrons. The van der Waals surface area contributed by atoms with Crippen molar-refractivity contribution in [2.75, 3.05) is 20.2 Å². The molecule has 2 heterocycles. The van der Waals surface area contributed by atoms with Gasteiger partial charge in [0.2, 0.25) is 0 Å². The number of fused-ring (bicyclic) bond motifs is 1. The van der Waals surface area contributed by atoms with Gasteiger partial charge in [-0.05, 0) is 35.4 Å². The SMILES string of the molecule is COC(=O)[C@]12CNC[C@H]1[C@]1(c3ccccc3)CC[C@H]2c2sccc21. The Balaban J connectivity index is 1.82. The molecule has 24 heavy (non-hydrogen) atoms. The molecule has 3 aliphatic carbocycles. The van der Waals surface area contributed by atoms with Crippen LogP contribution >= 0.6 is 11.3 Å². The zero-order chi connectivity index (χ0) is 16.4. The number of rotatable bonds is 2. The van der Waals surface area contributed by atoms with Gasteiger partial charge in [-0.25, -0.2) is 0 Å². The summed E-state index contributed by atoms with van der Waals surface area (Å²) in [6.07, 6.45) is 2.19. The van der Waals surface area contributed by atoms with Crippen molar-refractivity contribution in [3.8, 4) is 0 Å². The predicted molar refractivity (Wildman–Crippen MR) is 94.3 cm³/mol. The van der Waals surface area contributed by atoms with Crippen LogP contribution in [0.5, 0.6) is 0 Å². The summed E-state index contributed by atoms with van der Waals surface area (Å²) in [6.45, 7) is 1.62. The highest BCUT2D eigenvalue weighted by molar-refractivity contribution is 7.10. The summed E-state index contributed by atoms with van der Waals surface area (Å²) in [5, 5.41) is 5.75. The molecule has 0 spiro atoms. The fourth-order valence-electron chi connectivity index (χ4n) is 5.94. The quantitative estimate of drug-likeness (QED) is 0.853. The fourth-order valence-corrected chi connectivity index (χ4v) is 7.16. The Morgan fingerprint density at radius 3 is 2.92 bits per heavy atom. The second kappa shape index (κ2) is 4.93. The number of esters is 1. The van der Waals surface area contributed by atoms with E-state index in [0.717, 1.165) is 25.9 Å². The van der Waals surface area contributed by atoms with Crippen LogP contribution in [-0.2, 0) is 14.9 Å². The van der Waals surface area contributed by atoms with E-state index in [1.165, 1.54) is 16.0 Å². The van der Waals surface area contributed by atoms with Crippen LogP contribution in [-0.4, -0.2) is 26.2 Å². The summed E-state index contributed by atoms with van der Waals surface area (Å²) in [7, 11) is 1.54. The van der Waals surface area contributed by atoms with Crippen LogP contribution < -0.4 is 5.32 Å². The summed E-state index contributed by atoms with van der Waals surface area (Å²) in [5.74, 6) is 0.535. The van der Waals surface area contributed by atoms with Crippen LogP contribution in [0.25, 0.3) is 0 Å². The van der Waals surface area contributed by atoms with Gasteiger partial charge in [-0.3, -0.25) is 4.79 Å². The first kappa shape index (κ1) is 14.7. The van der Waals surface area contributed by atoms with E-state index in [2.05, 4.69) is 47.1 Å². The second-order valence-corrected chi connectivity index (χ2v) is 8.29. The lowest BCUT2D eigenvalue weighted by molar-refractivity contribution is -0.161. The van der Waals surface area contributed by atoms with E-state index in [4.69, 9.17) is 4.74 Å². The van der Waals surface area contributed by atoms with Gasteiger partial charge in [-0.15, -0.1) is 11.3 Å². The number of carbonyl (C=O) groups excluding carboxylic acids is 1. The Hall–Kier alpha value is -1.65. The van der Waals surface area contributed by atoms with Gasteiger partial charge in [0, 0.05) is 35.2 Å². The number of thiophene rings is 1. The number of ether oxygens (including phenoxy) is 1. The van der Waals surface area contributed by atoms with Crippen molar-refractivity contribution in [2.24, 2.45) is 11.3 Å². The van der Waals surface area contributed by atoms with Crippen molar-refractivity contribution in [2.45, 2.75) is 24.2 Å². The van der Waals surface area contributed by atoms with E-state index in [0.29, 0.717) is 5.92 Å².